The molecule has 3 atom stereocenters. The molecule has 0 radical (unpaired) electrons. The highest BCUT2D eigenvalue weighted by Gasteiger charge is 2.40. The lowest BCUT2D eigenvalue weighted by molar-refractivity contribution is -0.125. The van der Waals surface area contributed by atoms with E-state index < -0.39 is 18.0 Å². The van der Waals surface area contributed by atoms with Crippen molar-refractivity contribution in [1.82, 2.24) is 25.9 Å². The number of para-hydroxylation sites is 2. The highest BCUT2D eigenvalue weighted by Crippen LogP contribution is 2.33. The fraction of sp³-hybridized carbons (Fsp3) is 0.321. The highest BCUT2D eigenvalue weighted by molar-refractivity contribution is 7.20. The number of rotatable bonds is 9. The number of ketones is 1. The van der Waals surface area contributed by atoms with Crippen LogP contribution in [0, 0.1) is 11.8 Å². The van der Waals surface area contributed by atoms with E-state index in [1.165, 1.54) is 11.3 Å². The molecule has 1 aliphatic heterocycles. The molecule has 0 bridgehead atoms. The summed E-state index contributed by atoms with van der Waals surface area (Å²) in [5.41, 5.74) is 1.92. The molecule has 1 aliphatic carbocycles. The van der Waals surface area contributed by atoms with Gasteiger partial charge in [0.15, 0.2) is 5.01 Å². The molecule has 1 saturated carbocycles. The smallest absolute Gasteiger partial charge is 0.268 e. The summed E-state index contributed by atoms with van der Waals surface area (Å²) in [6, 6.07) is 15.1. The van der Waals surface area contributed by atoms with Crippen LogP contribution in [0.1, 0.15) is 46.0 Å². The van der Waals surface area contributed by atoms with E-state index in [4.69, 9.17) is 0 Å². The standard InChI is InChI=1S/C28H27N5O4S/c34-24(28-32-19-7-3-4-8-22(19)38-28)20(14-17-11-12-29-25(17)35)31-27(37)23(15-9-10-15)33-26(36)21-13-16-5-1-2-6-18(16)30-21/h1-8,13,15,17,20,23,30H,9-12,14H2,(H,29,35)(H,31,37)(H,33,36)/t17-,20-,23-/m0/s1. The lowest BCUT2D eigenvalue weighted by Crippen LogP contribution is -2.53. The van der Waals surface area contributed by atoms with E-state index >= 15 is 0 Å². The predicted octanol–water partition coefficient (Wildman–Crippen LogP) is 3.18. The fourth-order valence-electron chi connectivity index (χ4n) is 5.02. The first-order chi connectivity index (χ1) is 18.5. The van der Waals surface area contributed by atoms with E-state index in [1.54, 1.807) is 6.07 Å². The average Bonchev–Trinajstić information content (AvgIpc) is 3.32. The molecule has 2 aromatic carbocycles. The largest absolute Gasteiger partial charge is 0.356 e. The Morgan fingerprint density at radius 1 is 1.03 bits per heavy atom. The van der Waals surface area contributed by atoms with E-state index in [-0.39, 0.29) is 35.9 Å². The summed E-state index contributed by atoms with van der Waals surface area (Å²) >= 11 is 1.27. The van der Waals surface area contributed by atoms with Gasteiger partial charge in [-0.3, -0.25) is 19.2 Å². The number of carbonyl (C=O) groups excluding carboxylic acids is 4. The van der Waals surface area contributed by atoms with Gasteiger partial charge in [-0.15, -0.1) is 11.3 Å². The summed E-state index contributed by atoms with van der Waals surface area (Å²) in [5, 5.41) is 9.76. The Kier molecular flexibility index (Phi) is 6.40. The van der Waals surface area contributed by atoms with Crippen molar-refractivity contribution in [2.24, 2.45) is 11.8 Å². The topological polar surface area (TPSA) is 133 Å². The summed E-state index contributed by atoms with van der Waals surface area (Å²) in [6.07, 6.45) is 2.40. The van der Waals surface area contributed by atoms with Gasteiger partial charge in [-0.1, -0.05) is 30.3 Å². The summed E-state index contributed by atoms with van der Waals surface area (Å²) in [4.78, 5) is 60.1. The summed E-state index contributed by atoms with van der Waals surface area (Å²) < 4.78 is 0.876. The summed E-state index contributed by atoms with van der Waals surface area (Å²) in [6.45, 7) is 0.546. The van der Waals surface area contributed by atoms with Crippen molar-refractivity contribution in [3.05, 3.63) is 65.3 Å². The fourth-order valence-corrected chi connectivity index (χ4v) is 5.98. The maximum absolute atomic E-state index is 13.6. The minimum absolute atomic E-state index is 0.00342. The number of hydrogen-bond acceptors (Lipinski definition) is 6. The van der Waals surface area contributed by atoms with E-state index in [1.807, 2.05) is 48.5 Å². The number of hydrogen-bond donors (Lipinski definition) is 4. The molecular weight excluding hydrogens is 502 g/mol. The molecule has 38 heavy (non-hydrogen) atoms. The summed E-state index contributed by atoms with van der Waals surface area (Å²) in [7, 11) is 0. The average molecular weight is 530 g/mol. The molecule has 0 unspecified atom stereocenters. The van der Waals surface area contributed by atoms with Crippen LogP contribution in [0.25, 0.3) is 21.1 Å². The van der Waals surface area contributed by atoms with Crippen molar-refractivity contribution in [3.8, 4) is 0 Å². The third kappa shape index (κ3) is 4.91. The zero-order valence-electron chi connectivity index (χ0n) is 20.5. The van der Waals surface area contributed by atoms with Gasteiger partial charge < -0.3 is 20.9 Å². The molecule has 9 nitrogen and oxygen atoms in total. The Hall–Kier alpha value is -4.05. The molecule has 2 aromatic heterocycles. The van der Waals surface area contributed by atoms with Gasteiger partial charge in [-0.2, -0.15) is 0 Å². The molecule has 3 amide bonds. The van der Waals surface area contributed by atoms with Crippen LogP contribution in [0.15, 0.2) is 54.6 Å². The molecule has 0 spiro atoms. The van der Waals surface area contributed by atoms with Crippen molar-refractivity contribution in [3.63, 3.8) is 0 Å². The second-order valence-electron chi connectivity index (χ2n) is 9.98. The predicted molar refractivity (Wildman–Crippen MR) is 144 cm³/mol. The molecule has 2 fully saturated rings. The van der Waals surface area contributed by atoms with E-state index in [9.17, 15) is 19.2 Å². The lowest BCUT2D eigenvalue weighted by Gasteiger charge is -2.23. The third-order valence-electron chi connectivity index (χ3n) is 7.26. The van der Waals surface area contributed by atoms with Gasteiger partial charge in [-0.25, -0.2) is 4.98 Å². The number of H-pyrrole nitrogens is 1. The van der Waals surface area contributed by atoms with Crippen LogP contribution >= 0.6 is 11.3 Å². The quantitative estimate of drug-likeness (QED) is 0.247. The van der Waals surface area contributed by atoms with Crippen LogP contribution in [0.5, 0.6) is 0 Å². The SMILES string of the molecule is O=C(N[C@H](C(=O)N[C@@H](C[C@@H]1CCNC1=O)C(=O)c1nc2ccccc2s1)C1CC1)c1cc2ccccc2[nH]1. The summed E-state index contributed by atoms with van der Waals surface area (Å²) in [5.74, 6) is -1.62. The van der Waals surface area contributed by atoms with Crippen molar-refractivity contribution < 1.29 is 19.2 Å². The molecule has 4 N–H and O–H groups in total. The Labute approximate surface area is 222 Å². The number of thiazole rings is 1. The van der Waals surface area contributed by atoms with Crippen molar-refractivity contribution in [2.45, 2.75) is 37.8 Å². The monoisotopic (exact) mass is 529 g/mol. The zero-order valence-corrected chi connectivity index (χ0v) is 21.3. The first-order valence-electron chi connectivity index (χ1n) is 12.8. The second kappa shape index (κ2) is 10.0. The van der Waals surface area contributed by atoms with Gasteiger partial charge in [0, 0.05) is 23.4 Å². The number of carbonyl (C=O) groups is 4. The van der Waals surface area contributed by atoms with Crippen molar-refractivity contribution >= 4 is 56.0 Å². The minimum atomic E-state index is -0.928. The Balaban J connectivity index is 1.22. The normalized spacial score (nSPS) is 18.7. The van der Waals surface area contributed by atoms with Crippen LogP contribution in [-0.2, 0) is 9.59 Å². The van der Waals surface area contributed by atoms with Crippen LogP contribution in [0.4, 0.5) is 0 Å². The molecule has 1 saturated heterocycles. The highest BCUT2D eigenvalue weighted by atomic mass is 32.1. The molecule has 194 valence electrons. The van der Waals surface area contributed by atoms with Crippen molar-refractivity contribution in [2.75, 3.05) is 6.54 Å². The van der Waals surface area contributed by atoms with Gasteiger partial charge in [0.2, 0.25) is 17.6 Å². The number of nitrogens with zero attached hydrogens (tertiary/aromatic N) is 1. The number of aromatic amines is 1. The number of Topliss-reactive ketones (excluding diaryl/α,β-unsaturated/α-hetero) is 1. The molecule has 4 aromatic rings. The van der Waals surface area contributed by atoms with E-state index in [0.29, 0.717) is 29.2 Å². The molecule has 6 rings (SSSR count). The van der Waals surface area contributed by atoms with Crippen LogP contribution in [0.2, 0.25) is 0 Å². The number of fused-ring (bicyclic) bond motifs is 2. The van der Waals surface area contributed by atoms with Crippen molar-refractivity contribution in [1.29, 1.82) is 0 Å². The van der Waals surface area contributed by atoms with Gasteiger partial charge in [0.1, 0.15) is 11.7 Å². The Bertz CT molecular complexity index is 1490. The molecular formula is C28H27N5O4S. The maximum Gasteiger partial charge on any atom is 0.268 e. The van der Waals surface area contributed by atoms with E-state index in [2.05, 4.69) is 25.9 Å². The van der Waals surface area contributed by atoms with Crippen LogP contribution < -0.4 is 16.0 Å². The first-order valence-corrected chi connectivity index (χ1v) is 13.6. The van der Waals surface area contributed by atoms with Crippen LogP contribution in [-0.4, -0.2) is 52.1 Å². The zero-order chi connectivity index (χ0) is 26.2. The third-order valence-corrected chi connectivity index (χ3v) is 8.31. The minimum Gasteiger partial charge on any atom is -0.356 e. The van der Waals surface area contributed by atoms with Gasteiger partial charge in [-0.05, 0) is 55.9 Å². The number of amides is 3. The Morgan fingerprint density at radius 2 is 1.82 bits per heavy atom. The first kappa shape index (κ1) is 24.3. The van der Waals surface area contributed by atoms with Crippen LogP contribution in [0.3, 0.4) is 0 Å². The Morgan fingerprint density at radius 3 is 2.55 bits per heavy atom. The molecule has 3 heterocycles. The maximum atomic E-state index is 13.6. The van der Waals surface area contributed by atoms with E-state index in [0.717, 1.165) is 28.4 Å². The number of nitrogens with one attached hydrogen (secondary N) is 4. The van der Waals surface area contributed by atoms with Gasteiger partial charge >= 0.3 is 0 Å². The number of aromatic nitrogens is 2. The molecule has 2 aliphatic rings. The van der Waals surface area contributed by atoms with Gasteiger partial charge in [0.25, 0.3) is 5.91 Å². The lowest BCUT2D eigenvalue weighted by atomic mass is 9.95. The molecule has 10 heteroatoms. The second-order valence-corrected chi connectivity index (χ2v) is 11.0. The number of benzene rings is 2. The van der Waals surface area contributed by atoms with Gasteiger partial charge in [0.05, 0.1) is 16.3 Å².